The van der Waals surface area contributed by atoms with Crippen LogP contribution in [-0.4, -0.2) is 48.8 Å². The number of aliphatic hydroxyl groups is 1. The molecule has 1 rings (SSSR count). The largest absolute Gasteiger partial charge is 0.396 e. The first-order chi connectivity index (χ1) is 7.24. The second kappa shape index (κ2) is 7.20. The van der Waals surface area contributed by atoms with Crippen molar-refractivity contribution in [1.82, 2.24) is 10.2 Å². The molecule has 1 aliphatic rings. The van der Waals surface area contributed by atoms with Gasteiger partial charge in [-0.3, -0.25) is 0 Å². The number of rotatable bonds is 6. The van der Waals surface area contributed by atoms with Crippen molar-refractivity contribution < 1.29 is 5.11 Å². The molecular formula is C12H26N2O. The van der Waals surface area contributed by atoms with Gasteiger partial charge in [0.25, 0.3) is 0 Å². The second-order valence-corrected chi connectivity index (χ2v) is 4.88. The van der Waals surface area contributed by atoms with E-state index in [1.807, 2.05) is 0 Å². The Morgan fingerprint density at radius 1 is 1.47 bits per heavy atom. The third-order valence-corrected chi connectivity index (χ3v) is 3.23. The predicted octanol–water partition coefficient (Wildman–Crippen LogP) is 1.08. The molecule has 0 aromatic rings. The Kier molecular flexibility index (Phi) is 6.22. The van der Waals surface area contributed by atoms with Gasteiger partial charge in [-0.25, -0.2) is 0 Å². The van der Waals surface area contributed by atoms with Gasteiger partial charge in [-0.1, -0.05) is 0 Å². The van der Waals surface area contributed by atoms with Crippen LogP contribution in [0.1, 0.15) is 33.1 Å². The summed E-state index contributed by atoms with van der Waals surface area (Å²) in [5, 5.41) is 12.3. The number of nitrogens with zero attached hydrogens (tertiary/aromatic N) is 1. The van der Waals surface area contributed by atoms with Gasteiger partial charge < -0.3 is 15.3 Å². The van der Waals surface area contributed by atoms with Crippen LogP contribution in [0, 0.1) is 5.92 Å². The zero-order valence-corrected chi connectivity index (χ0v) is 10.2. The fourth-order valence-corrected chi connectivity index (χ4v) is 2.25. The Labute approximate surface area is 93.9 Å². The van der Waals surface area contributed by atoms with E-state index >= 15 is 0 Å². The molecule has 0 aromatic carbocycles. The lowest BCUT2D eigenvalue weighted by Crippen LogP contribution is -2.41. The first kappa shape index (κ1) is 12.9. The summed E-state index contributed by atoms with van der Waals surface area (Å²) >= 11 is 0. The zero-order valence-electron chi connectivity index (χ0n) is 10.2. The van der Waals surface area contributed by atoms with Gasteiger partial charge in [0.05, 0.1) is 0 Å². The van der Waals surface area contributed by atoms with Crippen molar-refractivity contribution in [1.29, 1.82) is 0 Å². The molecule has 3 heteroatoms. The van der Waals surface area contributed by atoms with Crippen LogP contribution < -0.4 is 5.32 Å². The molecule has 1 saturated heterocycles. The summed E-state index contributed by atoms with van der Waals surface area (Å²) < 4.78 is 0. The van der Waals surface area contributed by atoms with E-state index in [2.05, 4.69) is 24.1 Å². The van der Waals surface area contributed by atoms with Gasteiger partial charge in [-0.15, -0.1) is 0 Å². The fourth-order valence-electron chi connectivity index (χ4n) is 2.25. The summed E-state index contributed by atoms with van der Waals surface area (Å²) in [5.74, 6) is 0.805. The minimum atomic E-state index is 0.312. The zero-order chi connectivity index (χ0) is 11.1. The number of hydrogen-bond donors (Lipinski definition) is 2. The normalized spacial score (nSPS) is 22.6. The van der Waals surface area contributed by atoms with Crippen LogP contribution in [0.15, 0.2) is 0 Å². The smallest absolute Gasteiger partial charge is 0.0443 e. The maximum absolute atomic E-state index is 8.86. The van der Waals surface area contributed by atoms with Gasteiger partial charge in [0.1, 0.15) is 0 Å². The van der Waals surface area contributed by atoms with Crippen LogP contribution in [0.4, 0.5) is 0 Å². The minimum absolute atomic E-state index is 0.312. The van der Waals surface area contributed by atoms with E-state index in [4.69, 9.17) is 5.11 Å². The molecule has 3 nitrogen and oxygen atoms in total. The average Bonchev–Trinajstić information content (AvgIpc) is 2.25. The molecule has 1 aliphatic heterocycles. The first-order valence-electron chi connectivity index (χ1n) is 6.29. The van der Waals surface area contributed by atoms with Crippen molar-refractivity contribution in [2.75, 3.05) is 32.8 Å². The molecule has 0 aliphatic carbocycles. The standard InChI is InChI=1S/C12H26N2O/c1-11(2)14(7-4-8-15)10-12-5-3-6-13-9-12/h11-13,15H,3-10H2,1-2H3. The van der Waals surface area contributed by atoms with Crippen molar-refractivity contribution in [3.05, 3.63) is 0 Å². The maximum atomic E-state index is 8.86. The van der Waals surface area contributed by atoms with Crippen LogP contribution in [0.2, 0.25) is 0 Å². The van der Waals surface area contributed by atoms with E-state index in [1.165, 1.54) is 32.5 Å². The van der Waals surface area contributed by atoms with E-state index in [9.17, 15) is 0 Å². The number of piperidine rings is 1. The van der Waals surface area contributed by atoms with Crippen molar-refractivity contribution in [2.45, 2.75) is 39.2 Å². The lowest BCUT2D eigenvalue weighted by Gasteiger charge is -2.32. The Bertz CT molecular complexity index is 156. The summed E-state index contributed by atoms with van der Waals surface area (Å²) in [6, 6.07) is 0.596. The molecule has 1 fully saturated rings. The number of nitrogens with one attached hydrogen (secondary N) is 1. The fraction of sp³-hybridized carbons (Fsp3) is 1.00. The van der Waals surface area contributed by atoms with E-state index in [-0.39, 0.29) is 0 Å². The van der Waals surface area contributed by atoms with Gasteiger partial charge in [-0.05, 0) is 52.1 Å². The molecule has 0 saturated carbocycles. The first-order valence-corrected chi connectivity index (χ1v) is 6.29. The summed E-state index contributed by atoms with van der Waals surface area (Å²) in [6.45, 7) is 9.37. The highest BCUT2D eigenvalue weighted by atomic mass is 16.3. The Hall–Kier alpha value is -0.120. The topological polar surface area (TPSA) is 35.5 Å². The molecule has 0 radical (unpaired) electrons. The molecular weight excluding hydrogens is 188 g/mol. The van der Waals surface area contributed by atoms with Crippen LogP contribution in [-0.2, 0) is 0 Å². The van der Waals surface area contributed by atoms with Gasteiger partial charge in [0, 0.05) is 25.7 Å². The van der Waals surface area contributed by atoms with Gasteiger partial charge in [-0.2, -0.15) is 0 Å². The van der Waals surface area contributed by atoms with E-state index in [0.717, 1.165) is 18.9 Å². The van der Waals surface area contributed by atoms with Gasteiger partial charge in [0.15, 0.2) is 0 Å². The molecule has 1 unspecified atom stereocenters. The molecule has 15 heavy (non-hydrogen) atoms. The number of hydrogen-bond acceptors (Lipinski definition) is 3. The molecule has 0 aromatic heterocycles. The minimum Gasteiger partial charge on any atom is -0.396 e. The van der Waals surface area contributed by atoms with E-state index in [1.54, 1.807) is 0 Å². The quantitative estimate of drug-likeness (QED) is 0.694. The van der Waals surface area contributed by atoms with Crippen molar-refractivity contribution in [2.24, 2.45) is 5.92 Å². The summed E-state index contributed by atoms with van der Waals surface area (Å²) in [6.07, 6.45) is 3.57. The molecule has 90 valence electrons. The molecule has 0 bridgehead atoms. The van der Waals surface area contributed by atoms with E-state index < -0.39 is 0 Å². The number of aliphatic hydroxyl groups excluding tert-OH is 1. The van der Waals surface area contributed by atoms with Crippen molar-refractivity contribution >= 4 is 0 Å². The SMILES string of the molecule is CC(C)N(CCCO)CC1CCCNC1. The van der Waals surface area contributed by atoms with Crippen LogP contribution in [0.25, 0.3) is 0 Å². The monoisotopic (exact) mass is 214 g/mol. The lowest BCUT2D eigenvalue weighted by atomic mass is 9.98. The van der Waals surface area contributed by atoms with Crippen LogP contribution in [0.5, 0.6) is 0 Å². The van der Waals surface area contributed by atoms with E-state index in [0.29, 0.717) is 12.6 Å². The van der Waals surface area contributed by atoms with Crippen LogP contribution in [0.3, 0.4) is 0 Å². The highest BCUT2D eigenvalue weighted by Crippen LogP contribution is 2.13. The molecule has 0 spiro atoms. The van der Waals surface area contributed by atoms with Crippen LogP contribution >= 0.6 is 0 Å². The van der Waals surface area contributed by atoms with Crippen molar-refractivity contribution in [3.8, 4) is 0 Å². The summed E-state index contributed by atoms with van der Waals surface area (Å²) in [4.78, 5) is 2.49. The second-order valence-electron chi connectivity index (χ2n) is 4.88. The van der Waals surface area contributed by atoms with Crippen molar-refractivity contribution in [3.63, 3.8) is 0 Å². The van der Waals surface area contributed by atoms with Gasteiger partial charge >= 0.3 is 0 Å². The molecule has 0 amide bonds. The summed E-state index contributed by atoms with van der Waals surface area (Å²) in [7, 11) is 0. The molecule has 1 atom stereocenters. The molecule has 2 N–H and O–H groups in total. The third kappa shape index (κ3) is 4.96. The lowest BCUT2D eigenvalue weighted by molar-refractivity contribution is 0.155. The summed E-state index contributed by atoms with van der Waals surface area (Å²) in [5.41, 5.74) is 0. The Morgan fingerprint density at radius 3 is 2.80 bits per heavy atom. The highest BCUT2D eigenvalue weighted by molar-refractivity contribution is 4.74. The van der Waals surface area contributed by atoms with Gasteiger partial charge in [0.2, 0.25) is 0 Å². The molecule has 1 heterocycles. The predicted molar refractivity (Wildman–Crippen MR) is 64.0 cm³/mol. The maximum Gasteiger partial charge on any atom is 0.0443 e. The third-order valence-electron chi connectivity index (χ3n) is 3.23. The highest BCUT2D eigenvalue weighted by Gasteiger charge is 2.18. The Balaban J connectivity index is 2.28. The Morgan fingerprint density at radius 2 is 2.27 bits per heavy atom. The average molecular weight is 214 g/mol.